The summed E-state index contributed by atoms with van der Waals surface area (Å²) in [7, 11) is -0.977. The highest BCUT2D eigenvalue weighted by atomic mass is 32.2. The summed E-state index contributed by atoms with van der Waals surface area (Å²) in [5.41, 5.74) is 2.07. The Morgan fingerprint density at radius 1 is 1.05 bits per heavy atom. The smallest absolute Gasteiger partial charge is 0.244 e. The van der Waals surface area contributed by atoms with Crippen molar-refractivity contribution in [1.29, 1.82) is 0 Å². The molecule has 0 unspecified atom stereocenters. The predicted octanol–water partition coefficient (Wildman–Crippen LogP) is 3.50. The van der Waals surface area contributed by atoms with Crippen LogP contribution < -0.4 is 19.1 Å². The first-order valence-corrected chi connectivity index (χ1v) is 14.2. The number of benzene rings is 2. The standard InChI is InChI=1S/C27H39N3O6S/c1-7-9-15-28-27(32)23(8-2)29(18-21-12-10-11-20(3)16-21)26(31)19-30(37(6,33)34)24-14-13-22(35-4)17-25(24)36-5/h10-14,16-17,23H,7-9,15,18-19H2,1-6H3,(H,28,32)/t23-/m1/s1. The van der Waals surface area contributed by atoms with Gasteiger partial charge in [-0.15, -0.1) is 0 Å². The molecule has 0 spiro atoms. The van der Waals surface area contributed by atoms with E-state index in [1.165, 1.54) is 25.2 Å². The van der Waals surface area contributed by atoms with Crippen LogP contribution >= 0.6 is 0 Å². The van der Waals surface area contributed by atoms with Crippen molar-refractivity contribution in [2.24, 2.45) is 0 Å². The molecule has 0 aliphatic heterocycles. The van der Waals surface area contributed by atoms with Gasteiger partial charge in [-0.1, -0.05) is 50.1 Å². The fourth-order valence-corrected chi connectivity index (χ4v) is 4.87. The Kier molecular flexibility index (Phi) is 11.2. The van der Waals surface area contributed by atoms with Crippen molar-refractivity contribution in [3.63, 3.8) is 0 Å². The first-order valence-electron chi connectivity index (χ1n) is 12.4. The second-order valence-corrected chi connectivity index (χ2v) is 10.8. The van der Waals surface area contributed by atoms with Crippen molar-refractivity contribution in [1.82, 2.24) is 10.2 Å². The van der Waals surface area contributed by atoms with Gasteiger partial charge in [0.2, 0.25) is 21.8 Å². The lowest BCUT2D eigenvalue weighted by Crippen LogP contribution is -2.52. The van der Waals surface area contributed by atoms with Gasteiger partial charge in [-0.25, -0.2) is 8.42 Å². The Balaban J connectivity index is 2.47. The average Bonchev–Trinajstić information content (AvgIpc) is 2.86. The SMILES string of the molecule is CCCCNC(=O)[C@@H](CC)N(Cc1cccc(C)c1)C(=O)CN(c1ccc(OC)cc1OC)S(C)(=O)=O. The minimum Gasteiger partial charge on any atom is -0.497 e. The van der Waals surface area contributed by atoms with Gasteiger partial charge in [0.15, 0.2) is 0 Å². The number of hydrogen-bond donors (Lipinski definition) is 1. The maximum Gasteiger partial charge on any atom is 0.244 e. The van der Waals surface area contributed by atoms with Gasteiger partial charge in [-0.2, -0.15) is 0 Å². The first kappa shape index (κ1) is 30.0. The number of aryl methyl sites for hydroxylation is 1. The van der Waals surface area contributed by atoms with Gasteiger partial charge in [0.25, 0.3) is 0 Å². The van der Waals surface area contributed by atoms with Gasteiger partial charge in [0, 0.05) is 19.2 Å². The summed E-state index contributed by atoms with van der Waals surface area (Å²) < 4.78 is 37.3. The molecule has 2 rings (SSSR count). The molecule has 1 atom stereocenters. The lowest BCUT2D eigenvalue weighted by molar-refractivity contribution is -0.140. The van der Waals surface area contributed by atoms with Crippen molar-refractivity contribution in [2.75, 3.05) is 37.9 Å². The van der Waals surface area contributed by atoms with E-state index >= 15 is 0 Å². The second kappa shape index (κ2) is 13.9. The molecule has 0 radical (unpaired) electrons. The summed E-state index contributed by atoms with van der Waals surface area (Å²) in [4.78, 5) is 28.4. The van der Waals surface area contributed by atoms with Crippen LogP contribution in [0.25, 0.3) is 0 Å². The molecule has 0 saturated carbocycles. The molecule has 0 aliphatic rings. The average molecular weight is 534 g/mol. The fourth-order valence-electron chi connectivity index (χ4n) is 4.02. The van der Waals surface area contributed by atoms with E-state index in [1.807, 2.05) is 45.0 Å². The zero-order valence-electron chi connectivity index (χ0n) is 22.6. The highest BCUT2D eigenvalue weighted by Gasteiger charge is 2.32. The third kappa shape index (κ3) is 8.38. The van der Waals surface area contributed by atoms with E-state index in [4.69, 9.17) is 9.47 Å². The van der Waals surface area contributed by atoms with E-state index in [1.54, 1.807) is 12.1 Å². The number of nitrogens with zero attached hydrogens (tertiary/aromatic N) is 2. The molecule has 204 valence electrons. The lowest BCUT2D eigenvalue weighted by Gasteiger charge is -2.33. The van der Waals surface area contributed by atoms with E-state index in [9.17, 15) is 18.0 Å². The van der Waals surface area contributed by atoms with Crippen LogP contribution in [0.2, 0.25) is 0 Å². The van der Waals surface area contributed by atoms with Crippen LogP contribution in [-0.4, -0.2) is 64.7 Å². The summed E-state index contributed by atoms with van der Waals surface area (Å²) in [5, 5.41) is 2.91. The van der Waals surface area contributed by atoms with Crippen LogP contribution in [0.3, 0.4) is 0 Å². The van der Waals surface area contributed by atoms with Gasteiger partial charge in [0.1, 0.15) is 24.1 Å². The summed E-state index contributed by atoms with van der Waals surface area (Å²) in [6.45, 7) is 6.00. The first-order chi connectivity index (χ1) is 17.5. The van der Waals surface area contributed by atoms with Gasteiger partial charge in [0.05, 0.1) is 26.2 Å². The van der Waals surface area contributed by atoms with Crippen LogP contribution in [-0.2, 0) is 26.2 Å². The van der Waals surface area contributed by atoms with E-state index in [2.05, 4.69) is 5.32 Å². The number of anilines is 1. The molecule has 2 aromatic rings. The highest BCUT2D eigenvalue weighted by Crippen LogP contribution is 2.33. The van der Waals surface area contributed by atoms with E-state index < -0.39 is 28.5 Å². The number of amides is 2. The number of nitrogens with one attached hydrogen (secondary N) is 1. The van der Waals surface area contributed by atoms with E-state index in [-0.39, 0.29) is 23.9 Å². The monoisotopic (exact) mass is 533 g/mol. The molecule has 0 aliphatic carbocycles. The molecule has 0 bridgehead atoms. The molecule has 0 heterocycles. The molecule has 9 nitrogen and oxygen atoms in total. The second-order valence-electron chi connectivity index (χ2n) is 8.89. The Morgan fingerprint density at radius 2 is 1.78 bits per heavy atom. The van der Waals surface area contributed by atoms with Crippen molar-refractivity contribution < 1.29 is 27.5 Å². The summed E-state index contributed by atoms with van der Waals surface area (Å²) in [6, 6.07) is 11.6. The van der Waals surface area contributed by atoms with Crippen LogP contribution in [0, 0.1) is 6.92 Å². The van der Waals surface area contributed by atoms with Gasteiger partial charge in [-0.3, -0.25) is 13.9 Å². The number of carbonyl (C=O) groups excluding carboxylic acids is 2. The van der Waals surface area contributed by atoms with Crippen molar-refractivity contribution >= 4 is 27.5 Å². The summed E-state index contributed by atoms with van der Waals surface area (Å²) >= 11 is 0. The Bertz CT molecular complexity index is 1170. The fraction of sp³-hybridized carbons (Fsp3) is 0.481. The quantitative estimate of drug-likeness (QED) is 0.373. The number of unbranched alkanes of at least 4 members (excludes halogenated alkanes) is 1. The number of sulfonamides is 1. The number of hydrogen-bond acceptors (Lipinski definition) is 6. The van der Waals surface area contributed by atoms with Crippen LogP contribution in [0.1, 0.15) is 44.2 Å². The molecular weight excluding hydrogens is 494 g/mol. The van der Waals surface area contributed by atoms with Crippen molar-refractivity contribution in [3.05, 3.63) is 53.6 Å². The Labute approximate surface area is 220 Å². The maximum atomic E-state index is 13.8. The largest absolute Gasteiger partial charge is 0.497 e. The third-order valence-electron chi connectivity index (χ3n) is 5.99. The predicted molar refractivity (Wildman–Crippen MR) is 145 cm³/mol. The Hall–Kier alpha value is -3.27. The molecular formula is C27H39N3O6S. The Morgan fingerprint density at radius 3 is 2.35 bits per heavy atom. The molecule has 0 fully saturated rings. The van der Waals surface area contributed by atoms with Crippen molar-refractivity contribution in [2.45, 2.75) is 52.6 Å². The summed E-state index contributed by atoms with van der Waals surface area (Å²) in [5.74, 6) is -0.0319. The van der Waals surface area contributed by atoms with Gasteiger partial charge in [-0.05, 0) is 37.5 Å². The summed E-state index contributed by atoms with van der Waals surface area (Å²) in [6.07, 6.45) is 3.16. The molecule has 0 saturated heterocycles. The zero-order valence-corrected chi connectivity index (χ0v) is 23.4. The molecule has 1 N–H and O–H groups in total. The van der Waals surface area contributed by atoms with Gasteiger partial charge < -0.3 is 19.7 Å². The minimum atomic E-state index is -3.88. The molecule has 37 heavy (non-hydrogen) atoms. The lowest BCUT2D eigenvalue weighted by atomic mass is 10.1. The minimum absolute atomic E-state index is 0.164. The van der Waals surface area contributed by atoms with Crippen LogP contribution in [0.4, 0.5) is 5.69 Å². The van der Waals surface area contributed by atoms with Crippen LogP contribution in [0.15, 0.2) is 42.5 Å². The molecule has 10 heteroatoms. The molecule has 0 aromatic heterocycles. The number of carbonyl (C=O) groups is 2. The molecule has 2 amide bonds. The van der Waals surface area contributed by atoms with E-state index in [0.717, 1.165) is 34.5 Å². The van der Waals surface area contributed by atoms with Crippen molar-refractivity contribution in [3.8, 4) is 11.5 Å². The van der Waals surface area contributed by atoms with Crippen LogP contribution in [0.5, 0.6) is 11.5 Å². The number of methoxy groups -OCH3 is 2. The topological polar surface area (TPSA) is 105 Å². The number of ether oxygens (including phenoxy) is 2. The van der Waals surface area contributed by atoms with E-state index in [0.29, 0.717) is 18.7 Å². The zero-order chi connectivity index (χ0) is 27.6. The maximum absolute atomic E-state index is 13.8. The normalized spacial score (nSPS) is 11.9. The highest BCUT2D eigenvalue weighted by molar-refractivity contribution is 7.92. The third-order valence-corrected chi connectivity index (χ3v) is 7.11. The molecule has 2 aromatic carbocycles. The number of rotatable bonds is 14. The van der Waals surface area contributed by atoms with Gasteiger partial charge >= 0.3 is 0 Å².